The van der Waals surface area contributed by atoms with Crippen LogP contribution >= 0.6 is 0 Å². The third kappa shape index (κ3) is 5.77. The van der Waals surface area contributed by atoms with Crippen LogP contribution in [0, 0.1) is 0 Å². The summed E-state index contributed by atoms with van der Waals surface area (Å²) in [7, 11) is 0. The summed E-state index contributed by atoms with van der Waals surface area (Å²) in [5.41, 5.74) is 3.04. The first-order valence-electron chi connectivity index (χ1n) is 13.1. The van der Waals surface area contributed by atoms with Gasteiger partial charge >= 0.3 is 0 Å². The molecule has 5 heteroatoms. The molecule has 1 aliphatic rings. The van der Waals surface area contributed by atoms with Gasteiger partial charge in [0.2, 0.25) is 0 Å². The molecule has 3 aromatic rings. The van der Waals surface area contributed by atoms with Gasteiger partial charge in [-0.25, -0.2) is 0 Å². The van der Waals surface area contributed by atoms with Crippen LogP contribution in [-0.4, -0.2) is 23.4 Å². The van der Waals surface area contributed by atoms with E-state index in [9.17, 15) is 14.7 Å². The number of benzene rings is 3. The zero-order chi connectivity index (χ0) is 26.4. The predicted molar refractivity (Wildman–Crippen MR) is 148 cm³/mol. The van der Waals surface area contributed by atoms with Crippen molar-refractivity contribution in [1.29, 1.82) is 0 Å². The number of unbranched alkanes of at least 4 members (excludes halogenated alkanes) is 3. The minimum absolute atomic E-state index is 0.0828. The van der Waals surface area contributed by atoms with Crippen LogP contribution < -0.4 is 9.64 Å². The summed E-state index contributed by atoms with van der Waals surface area (Å²) in [5, 5.41) is 11.2. The van der Waals surface area contributed by atoms with E-state index in [4.69, 9.17) is 4.74 Å². The number of Topliss-reactive ketones (excluding diaryl/α,β-unsaturated/α-hetero) is 1. The highest BCUT2D eigenvalue weighted by Gasteiger charge is 2.47. The van der Waals surface area contributed by atoms with E-state index in [1.54, 1.807) is 36.4 Å². The van der Waals surface area contributed by atoms with E-state index < -0.39 is 17.7 Å². The summed E-state index contributed by atoms with van der Waals surface area (Å²) in [4.78, 5) is 28.3. The molecule has 0 aromatic heterocycles. The molecule has 1 fully saturated rings. The smallest absolute Gasteiger partial charge is 0.300 e. The lowest BCUT2D eigenvalue weighted by molar-refractivity contribution is -0.132. The first-order valence-corrected chi connectivity index (χ1v) is 13.1. The van der Waals surface area contributed by atoms with Gasteiger partial charge in [0.1, 0.15) is 11.5 Å². The lowest BCUT2D eigenvalue weighted by Crippen LogP contribution is -2.29. The predicted octanol–water partition coefficient (Wildman–Crippen LogP) is 7.40. The first-order chi connectivity index (χ1) is 17.9. The van der Waals surface area contributed by atoms with Crippen molar-refractivity contribution in [2.24, 2.45) is 0 Å². The van der Waals surface area contributed by atoms with Gasteiger partial charge in [0.15, 0.2) is 0 Å². The van der Waals surface area contributed by atoms with Gasteiger partial charge in [-0.2, -0.15) is 0 Å². The number of anilines is 1. The molecule has 0 unspecified atom stereocenters. The largest absolute Gasteiger partial charge is 0.507 e. The molecular formula is C32H35NO4. The Morgan fingerprint density at radius 1 is 0.919 bits per heavy atom. The van der Waals surface area contributed by atoms with Gasteiger partial charge in [-0.05, 0) is 35.6 Å². The van der Waals surface area contributed by atoms with Gasteiger partial charge in [0, 0.05) is 17.3 Å². The van der Waals surface area contributed by atoms with Gasteiger partial charge in [0.25, 0.3) is 11.7 Å². The number of hydrogen-bond donors (Lipinski definition) is 1. The van der Waals surface area contributed by atoms with Crippen molar-refractivity contribution in [3.63, 3.8) is 0 Å². The molecule has 1 N–H and O–H groups in total. The standard InChI is InChI=1S/C32H35NO4/c1-4-5-6-10-20-37-27-15-11-14-26(21-27)33-29(24-18-16-23(17-19-24)22(2)3)28(31(35)32(33)36)30(34)25-12-8-7-9-13-25/h7-9,11-19,21-22,29,34H,4-6,10,20H2,1-3H3/t29-/m1/s1. The van der Waals surface area contributed by atoms with Gasteiger partial charge in [-0.15, -0.1) is 0 Å². The number of ketones is 1. The van der Waals surface area contributed by atoms with Crippen LogP contribution in [-0.2, 0) is 9.59 Å². The number of aliphatic hydroxyl groups is 1. The fourth-order valence-electron chi connectivity index (χ4n) is 4.67. The molecule has 1 aliphatic heterocycles. The summed E-state index contributed by atoms with van der Waals surface area (Å²) >= 11 is 0. The van der Waals surface area contributed by atoms with E-state index in [1.165, 1.54) is 11.3 Å². The van der Waals surface area contributed by atoms with Crippen LogP contribution in [0.4, 0.5) is 5.69 Å². The molecule has 192 valence electrons. The van der Waals surface area contributed by atoms with Crippen molar-refractivity contribution in [3.05, 3.63) is 101 Å². The Balaban J connectivity index is 1.76. The number of nitrogens with zero attached hydrogens (tertiary/aromatic N) is 1. The van der Waals surface area contributed by atoms with Gasteiger partial charge in [-0.1, -0.05) is 101 Å². The normalized spacial score (nSPS) is 17.0. The molecule has 37 heavy (non-hydrogen) atoms. The lowest BCUT2D eigenvalue weighted by atomic mass is 9.93. The highest BCUT2D eigenvalue weighted by molar-refractivity contribution is 6.51. The van der Waals surface area contributed by atoms with Crippen LogP contribution in [0.15, 0.2) is 84.4 Å². The van der Waals surface area contributed by atoms with Crippen LogP contribution in [0.3, 0.4) is 0 Å². The Morgan fingerprint density at radius 2 is 1.65 bits per heavy atom. The topological polar surface area (TPSA) is 66.8 Å². The molecule has 4 rings (SSSR count). The Hall–Kier alpha value is -3.86. The molecule has 1 heterocycles. The zero-order valence-corrected chi connectivity index (χ0v) is 21.8. The van der Waals surface area contributed by atoms with Crippen molar-refractivity contribution in [2.75, 3.05) is 11.5 Å². The van der Waals surface area contributed by atoms with Gasteiger partial charge in [-0.3, -0.25) is 14.5 Å². The molecule has 1 atom stereocenters. The second kappa shape index (κ2) is 11.9. The number of rotatable bonds is 10. The Morgan fingerprint density at radius 3 is 2.32 bits per heavy atom. The molecule has 1 amide bonds. The molecule has 0 spiro atoms. The Kier molecular flexibility index (Phi) is 8.44. The second-order valence-corrected chi connectivity index (χ2v) is 9.76. The molecule has 1 saturated heterocycles. The van der Waals surface area contributed by atoms with E-state index in [0.29, 0.717) is 29.5 Å². The maximum absolute atomic E-state index is 13.4. The van der Waals surface area contributed by atoms with E-state index in [-0.39, 0.29) is 11.3 Å². The number of carbonyl (C=O) groups excluding carboxylic acids is 2. The second-order valence-electron chi connectivity index (χ2n) is 9.76. The van der Waals surface area contributed by atoms with Crippen molar-refractivity contribution in [2.45, 2.75) is 58.4 Å². The Bertz CT molecular complexity index is 1260. The zero-order valence-electron chi connectivity index (χ0n) is 21.8. The highest BCUT2D eigenvalue weighted by atomic mass is 16.5. The van der Waals surface area contributed by atoms with E-state index in [0.717, 1.165) is 30.4 Å². The minimum Gasteiger partial charge on any atom is -0.507 e. The molecule has 0 bridgehead atoms. The van der Waals surface area contributed by atoms with Crippen LogP contribution in [0.2, 0.25) is 0 Å². The van der Waals surface area contributed by atoms with E-state index >= 15 is 0 Å². The number of ether oxygens (including phenoxy) is 1. The van der Waals surface area contributed by atoms with E-state index in [1.807, 2.05) is 42.5 Å². The average Bonchev–Trinajstić information content (AvgIpc) is 3.19. The molecule has 3 aromatic carbocycles. The summed E-state index contributed by atoms with van der Waals surface area (Å²) in [6.45, 7) is 6.99. The number of carbonyl (C=O) groups is 2. The lowest BCUT2D eigenvalue weighted by Gasteiger charge is -2.26. The number of hydrogen-bond acceptors (Lipinski definition) is 4. The van der Waals surface area contributed by atoms with Crippen molar-refractivity contribution in [1.82, 2.24) is 0 Å². The van der Waals surface area contributed by atoms with Crippen molar-refractivity contribution >= 4 is 23.1 Å². The molecule has 0 saturated carbocycles. The quantitative estimate of drug-likeness (QED) is 0.137. The average molecular weight is 498 g/mol. The monoisotopic (exact) mass is 497 g/mol. The number of aliphatic hydroxyl groups excluding tert-OH is 1. The fraction of sp³-hybridized carbons (Fsp3) is 0.312. The highest BCUT2D eigenvalue weighted by Crippen LogP contribution is 2.43. The van der Waals surface area contributed by atoms with E-state index in [2.05, 4.69) is 20.8 Å². The first kappa shape index (κ1) is 26.2. The number of amides is 1. The summed E-state index contributed by atoms with van der Waals surface area (Å²) < 4.78 is 5.96. The van der Waals surface area contributed by atoms with Crippen LogP contribution in [0.1, 0.15) is 75.1 Å². The fourth-order valence-corrected chi connectivity index (χ4v) is 4.67. The van der Waals surface area contributed by atoms with Gasteiger partial charge < -0.3 is 9.84 Å². The molecule has 0 aliphatic carbocycles. The van der Waals surface area contributed by atoms with Crippen LogP contribution in [0.5, 0.6) is 5.75 Å². The third-order valence-electron chi connectivity index (χ3n) is 6.77. The third-order valence-corrected chi connectivity index (χ3v) is 6.77. The molecular weight excluding hydrogens is 462 g/mol. The van der Waals surface area contributed by atoms with Crippen molar-refractivity contribution in [3.8, 4) is 5.75 Å². The molecule has 5 nitrogen and oxygen atoms in total. The summed E-state index contributed by atoms with van der Waals surface area (Å²) in [6.07, 6.45) is 4.40. The SMILES string of the molecule is CCCCCCOc1cccc(N2C(=O)C(=O)C(=C(O)c3ccccc3)[C@H]2c2ccc(C(C)C)cc2)c1. The minimum atomic E-state index is -0.763. The summed E-state index contributed by atoms with van der Waals surface area (Å²) in [6, 6.07) is 23.3. The Labute approximate surface area is 219 Å². The summed E-state index contributed by atoms with van der Waals surface area (Å²) in [5.74, 6) is -0.563. The van der Waals surface area contributed by atoms with Gasteiger partial charge in [0.05, 0.1) is 18.2 Å². The maximum Gasteiger partial charge on any atom is 0.300 e. The maximum atomic E-state index is 13.4. The van der Waals surface area contributed by atoms with Crippen molar-refractivity contribution < 1.29 is 19.4 Å². The van der Waals surface area contributed by atoms with Crippen LogP contribution in [0.25, 0.3) is 5.76 Å². The molecule has 0 radical (unpaired) electrons.